The lowest BCUT2D eigenvalue weighted by molar-refractivity contribution is -0.120. The van der Waals surface area contributed by atoms with E-state index in [1.165, 1.54) is 48.5 Å². The van der Waals surface area contributed by atoms with E-state index in [1.807, 2.05) is 6.92 Å². The van der Waals surface area contributed by atoms with E-state index in [4.69, 9.17) is 16.3 Å². The van der Waals surface area contributed by atoms with E-state index < -0.39 is 23.6 Å². The molecule has 1 N–H and O–H groups in total. The van der Waals surface area contributed by atoms with E-state index in [-0.39, 0.29) is 16.4 Å². The maximum absolute atomic E-state index is 13.0. The predicted octanol–water partition coefficient (Wildman–Crippen LogP) is 3.83. The Morgan fingerprint density at radius 3 is 2.32 bits per heavy atom. The molecule has 1 heterocycles. The molecule has 0 bridgehead atoms. The highest BCUT2D eigenvalue weighted by molar-refractivity contribution is 6.53. The highest BCUT2D eigenvalue weighted by Gasteiger charge is 2.39. The largest absolute Gasteiger partial charge is 0.462 e. The van der Waals surface area contributed by atoms with Crippen LogP contribution in [0.5, 0.6) is 0 Å². The third-order valence-electron chi connectivity index (χ3n) is 3.94. The Bertz CT molecular complexity index is 955. The van der Waals surface area contributed by atoms with Gasteiger partial charge in [-0.25, -0.2) is 14.1 Å². The monoisotopic (exact) mass is 402 g/mol. The number of imide groups is 1. The number of nitrogens with zero attached hydrogens (tertiary/aromatic N) is 1. The lowest BCUT2D eigenvalue weighted by Crippen LogP contribution is -2.32. The van der Waals surface area contributed by atoms with Crippen molar-refractivity contribution in [3.63, 3.8) is 0 Å². The fourth-order valence-electron chi connectivity index (χ4n) is 2.55. The van der Waals surface area contributed by atoms with Gasteiger partial charge in [0.1, 0.15) is 16.5 Å². The van der Waals surface area contributed by atoms with Crippen LogP contribution in [0.25, 0.3) is 0 Å². The van der Waals surface area contributed by atoms with Crippen molar-refractivity contribution in [1.82, 2.24) is 0 Å². The SMILES string of the molecule is CCCOC(=O)c1ccc(N2C(=O)C(Cl)=C(Nc3ccc(F)cc3)C2=O)cc1. The number of amides is 2. The first kappa shape index (κ1) is 19.6. The number of hydrogen-bond acceptors (Lipinski definition) is 5. The number of esters is 1. The first-order valence-corrected chi connectivity index (χ1v) is 8.88. The molecule has 0 radical (unpaired) electrons. The van der Waals surface area contributed by atoms with Crippen LogP contribution >= 0.6 is 11.6 Å². The lowest BCUT2D eigenvalue weighted by Gasteiger charge is -2.15. The zero-order valence-corrected chi connectivity index (χ0v) is 15.6. The molecule has 28 heavy (non-hydrogen) atoms. The maximum Gasteiger partial charge on any atom is 0.338 e. The van der Waals surface area contributed by atoms with Crippen LogP contribution in [0.1, 0.15) is 23.7 Å². The molecule has 6 nitrogen and oxygen atoms in total. The Labute approximate surface area is 165 Å². The summed E-state index contributed by atoms with van der Waals surface area (Å²) >= 11 is 6.05. The summed E-state index contributed by atoms with van der Waals surface area (Å²) in [6.07, 6.45) is 0.703. The smallest absolute Gasteiger partial charge is 0.338 e. The summed E-state index contributed by atoms with van der Waals surface area (Å²) < 4.78 is 18.1. The van der Waals surface area contributed by atoms with Crippen molar-refractivity contribution in [2.45, 2.75) is 13.3 Å². The highest BCUT2D eigenvalue weighted by Crippen LogP contribution is 2.30. The normalized spacial score (nSPS) is 13.9. The van der Waals surface area contributed by atoms with Crippen LogP contribution in [0.3, 0.4) is 0 Å². The minimum atomic E-state index is -0.697. The number of ether oxygens (including phenoxy) is 1. The molecule has 0 unspecified atom stereocenters. The predicted molar refractivity (Wildman–Crippen MR) is 102 cm³/mol. The first-order chi connectivity index (χ1) is 13.4. The van der Waals surface area contributed by atoms with Gasteiger partial charge in [-0.15, -0.1) is 0 Å². The van der Waals surface area contributed by atoms with Gasteiger partial charge in [-0.2, -0.15) is 0 Å². The van der Waals surface area contributed by atoms with Crippen molar-refractivity contribution in [2.75, 3.05) is 16.8 Å². The van der Waals surface area contributed by atoms with Crippen molar-refractivity contribution in [3.05, 3.63) is 70.6 Å². The Morgan fingerprint density at radius 1 is 1.07 bits per heavy atom. The summed E-state index contributed by atoms with van der Waals surface area (Å²) in [4.78, 5) is 37.9. The molecule has 0 saturated heterocycles. The van der Waals surface area contributed by atoms with Gasteiger partial charge in [-0.05, 0) is 55.0 Å². The van der Waals surface area contributed by atoms with Crippen LogP contribution in [-0.2, 0) is 14.3 Å². The van der Waals surface area contributed by atoms with E-state index in [2.05, 4.69) is 5.32 Å². The number of benzene rings is 2. The summed E-state index contributed by atoms with van der Waals surface area (Å²) in [6, 6.07) is 11.1. The molecule has 2 aromatic rings. The lowest BCUT2D eigenvalue weighted by atomic mass is 10.2. The van der Waals surface area contributed by atoms with E-state index in [0.717, 1.165) is 4.90 Å². The van der Waals surface area contributed by atoms with Gasteiger partial charge in [-0.3, -0.25) is 9.59 Å². The third-order valence-corrected chi connectivity index (χ3v) is 4.29. The average molecular weight is 403 g/mol. The Hall–Kier alpha value is -3.19. The molecule has 1 aliphatic heterocycles. The Kier molecular flexibility index (Phi) is 5.75. The number of carbonyl (C=O) groups is 3. The molecule has 2 aromatic carbocycles. The number of hydrogen-bond donors (Lipinski definition) is 1. The van der Waals surface area contributed by atoms with E-state index in [0.29, 0.717) is 24.3 Å². The molecule has 1 aliphatic rings. The third kappa shape index (κ3) is 3.89. The van der Waals surface area contributed by atoms with E-state index in [1.54, 1.807) is 0 Å². The van der Waals surface area contributed by atoms with E-state index in [9.17, 15) is 18.8 Å². The molecule has 0 saturated carbocycles. The summed E-state index contributed by atoms with van der Waals surface area (Å²) in [6.45, 7) is 2.19. The fraction of sp³-hybridized carbons (Fsp3) is 0.150. The van der Waals surface area contributed by atoms with Crippen LogP contribution in [0.2, 0.25) is 0 Å². The van der Waals surface area contributed by atoms with Crippen LogP contribution in [0, 0.1) is 5.82 Å². The van der Waals surface area contributed by atoms with Gasteiger partial charge in [0, 0.05) is 5.69 Å². The fourth-order valence-corrected chi connectivity index (χ4v) is 2.76. The van der Waals surface area contributed by atoms with Crippen molar-refractivity contribution < 1.29 is 23.5 Å². The summed E-state index contributed by atoms with van der Waals surface area (Å²) in [5, 5.41) is 2.47. The van der Waals surface area contributed by atoms with Gasteiger partial charge in [0.25, 0.3) is 11.8 Å². The topological polar surface area (TPSA) is 75.7 Å². The van der Waals surface area contributed by atoms with Crippen LogP contribution < -0.4 is 10.2 Å². The van der Waals surface area contributed by atoms with Crippen LogP contribution in [0.4, 0.5) is 15.8 Å². The second-order valence-corrected chi connectivity index (χ2v) is 6.33. The molecule has 0 aromatic heterocycles. The average Bonchev–Trinajstić information content (AvgIpc) is 2.91. The van der Waals surface area contributed by atoms with Crippen LogP contribution in [0.15, 0.2) is 59.3 Å². The molecule has 2 amide bonds. The van der Waals surface area contributed by atoms with Crippen molar-refractivity contribution in [1.29, 1.82) is 0 Å². The summed E-state index contributed by atoms with van der Waals surface area (Å²) in [7, 11) is 0. The standard InChI is InChI=1S/C20H16ClFN2O4/c1-2-11-28-20(27)12-3-9-15(10-4-12)24-18(25)16(21)17(19(24)26)23-14-7-5-13(22)6-8-14/h3-10,23H,2,11H2,1H3. The molecule has 8 heteroatoms. The number of halogens is 2. The number of carbonyl (C=O) groups excluding carboxylic acids is 3. The second-order valence-electron chi connectivity index (χ2n) is 5.95. The van der Waals surface area contributed by atoms with Gasteiger partial charge in [0.2, 0.25) is 0 Å². The van der Waals surface area contributed by atoms with Gasteiger partial charge in [-0.1, -0.05) is 18.5 Å². The number of anilines is 2. The molecular formula is C20H16ClFN2O4. The molecule has 0 aliphatic carbocycles. The van der Waals surface area contributed by atoms with Gasteiger partial charge in [0.15, 0.2) is 0 Å². The van der Waals surface area contributed by atoms with Crippen molar-refractivity contribution in [3.8, 4) is 0 Å². The Morgan fingerprint density at radius 2 is 1.71 bits per heavy atom. The maximum atomic E-state index is 13.0. The minimum absolute atomic E-state index is 0.107. The summed E-state index contributed by atoms with van der Waals surface area (Å²) in [5.74, 6) is -2.26. The van der Waals surface area contributed by atoms with Gasteiger partial charge < -0.3 is 10.1 Å². The molecule has 0 spiro atoms. The molecule has 144 valence electrons. The van der Waals surface area contributed by atoms with Crippen molar-refractivity contribution in [2.24, 2.45) is 0 Å². The van der Waals surface area contributed by atoms with Crippen LogP contribution in [-0.4, -0.2) is 24.4 Å². The zero-order chi connectivity index (χ0) is 20.3. The van der Waals surface area contributed by atoms with Gasteiger partial charge >= 0.3 is 5.97 Å². The van der Waals surface area contributed by atoms with Crippen molar-refractivity contribution >= 4 is 40.8 Å². The molecule has 3 rings (SSSR count). The summed E-state index contributed by atoms with van der Waals surface area (Å²) in [5.41, 5.74) is 0.868. The molecule has 0 fully saturated rings. The highest BCUT2D eigenvalue weighted by atomic mass is 35.5. The quantitative estimate of drug-likeness (QED) is 0.587. The van der Waals surface area contributed by atoms with Gasteiger partial charge in [0.05, 0.1) is 17.9 Å². The minimum Gasteiger partial charge on any atom is -0.462 e. The zero-order valence-electron chi connectivity index (χ0n) is 14.9. The molecule has 0 atom stereocenters. The number of rotatable bonds is 6. The first-order valence-electron chi connectivity index (χ1n) is 8.50. The number of nitrogens with one attached hydrogen (secondary N) is 1. The second kappa shape index (κ2) is 8.22. The van der Waals surface area contributed by atoms with E-state index >= 15 is 0 Å². The Balaban J connectivity index is 1.79. The molecular weight excluding hydrogens is 387 g/mol.